The monoisotopic (exact) mass is 458 g/mol. The number of benzene rings is 4. The van der Waals surface area contributed by atoms with Gasteiger partial charge in [0.2, 0.25) is 0 Å². The quantitative estimate of drug-likeness (QED) is 0.213. The lowest BCUT2D eigenvalue weighted by Crippen LogP contribution is -1.89. The molecule has 4 heteroatoms. The third kappa shape index (κ3) is 5.23. The van der Waals surface area contributed by atoms with Crippen LogP contribution in [0, 0.1) is 41.1 Å². The van der Waals surface area contributed by atoms with Crippen molar-refractivity contribution in [1.82, 2.24) is 0 Å². The summed E-state index contributed by atoms with van der Waals surface area (Å²) in [6.07, 6.45) is 2.15. The predicted molar refractivity (Wildman–Crippen MR) is 128 cm³/mol. The molecular formula is C29H18ClF3. The fourth-order valence-corrected chi connectivity index (χ4v) is 3.53. The van der Waals surface area contributed by atoms with E-state index < -0.39 is 22.5 Å². The molecule has 0 aromatic heterocycles. The van der Waals surface area contributed by atoms with Crippen LogP contribution in [0.25, 0.3) is 10.8 Å². The molecule has 4 aromatic carbocycles. The molecule has 33 heavy (non-hydrogen) atoms. The van der Waals surface area contributed by atoms with Gasteiger partial charge in [-0.25, -0.2) is 13.2 Å². The molecule has 4 rings (SSSR count). The van der Waals surface area contributed by atoms with Crippen LogP contribution in [0.15, 0.2) is 66.7 Å². The molecule has 0 fully saturated rings. The first kappa shape index (κ1) is 22.5. The Balaban J connectivity index is 1.60. The van der Waals surface area contributed by atoms with Crippen molar-refractivity contribution in [2.24, 2.45) is 0 Å². The summed E-state index contributed by atoms with van der Waals surface area (Å²) in [4.78, 5) is 0. The van der Waals surface area contributed by atoms with Crippen LogP contribution < -0.4 is 0 Å². The van der Waals surface area contributed by atoms with Gasteiger partial charge in [0.05, 0.1) is 5.56 Å². The number of hydrogen-bond donors (Lipinski definition) is 0. The van der Waals surface area contributed by atoms with E-state index in [9.17, 15) is 13.2 Å². The Kier molecular flexibility index (Phi) is 6.74. The van der Waals surface area contributed by atoms with Gasteiger partial charge in [-0.3, -0.25) is 0 Å². The van der Waals surface area contributed by atoms with Gasteiger partial charge in [-0.15, -0.1) is 0 Å². The maximum Gasteiger partial charge on any atom is 0.146 e. The summed E-state index contributed by atoms with van der Waals surface area (Å²) in [5.74, 6) is 9.16. The molecule has 0 N–H and O–H groups in total. The van der Waals surface area contributed by atoms with E-state index in [1.54, 1.807) is 18.2 Å². The molecule has 0 saturated carbocycles. The molecule has 0 unspecified atom stereocenters. The number of halogens is 4. The SMILES string of the molecule is CCCc1ccc(C#Cc2ccc3c(F)c(C#Cc4cc(F)c(Cl)c(F)c4)ccc3c2)cc1. The summed E-state index contributed by atoms with van der Waals surface area (Å²) in [7, 11) is 0. The number of aryl methyl sites for hydroxylation is 1. The highest BCUT2D eigenvalue weighted by atomic mass is 35.5. The highest BCUT2D eigenvalue weighted by Crippen LogP contribution is 2.23. The third-order valence-corrected chi connectivity index (χ3v) is 5.48. The Labute approximate surface area is 196 Å². The fraction of sp³-hybridized carbons (Fsp3) is 0.103. The predicted octanol–water partition coefficient (Wildman–Crippen LogP) is 7.66. The minimum Gasteiger partial charge on any atom is -0.205 e. The third-order valence-electron chi connectivity index (χ3n) is 5.12. The Morgan fingerprint density at radius 2 is 1.33 bits per heavy atom. The minimum atomic E-state index is -0.912. The van der Waals surface area contributed by atoms with Gasteiger partial charge in [0, 0.05) is 22.1 Å². The summed E-state index contributed by atoms with van der Waals surface area (Å²) >= 11 is 5.48. The van der Waals surface area contributed by atoms with E-state index in [2.05, 4.69) is 42.7 Å². The highest BCUT2D eigenvalue weighted by molar-refractivity contribution is 6.30. The summed E-state index contributed by atoms with van der Waals surface area (Å²) in [5, 5.41) is 0.487. The van der Waals surface area contributed by atoms with Crippen LogP contribution in [0.4, 0.5) is 13.2 Å². The number of hydrogen-bond acceptors (Lipinski definition) is 0. The van der Waals surface area contributed by atoms with Gasteiger partial charge < -0.3 is 0 Å². The Morgan fingerprint density at radius 1 is 0.697 bits per heavy atom. The minimum absolute atomic E-state index is 0.0715. The zero-order valence-corrected chi connectivity index (χ0v) is 18.5. The molecule has 0 bridgehead atoms. The maximum absolute atomic E-state index is 15.0. The summed E-state index contributed by atoms with van der Waals surface area (Å²) < 4.78 is 42.1. The topological polar surface area (TPSA) is 0 Å². The first-order chi connectivity index (χ1) is 15.9. The van der Waals surface area contributed by atoms with E-state index in [4.69, 9.17) is 11.6 Å². The van der Waals surface area contributed by atoms with Gasteiger partial charge in [0.25, 0.3) is 0 Å². The van der Waals surface area contributed by atoms with E-state index in [0.29, 0.717) is 10.8 Å². The van der Waals surface area contributed by atoms with Crippen molar-refractivity contribution in [1.29, 1.82) is 0 Å². The van der Waals surface area contributed by atoms with Crippen molar-refractivity contribution >= 4 is 22.4 Å². The first-order valence-electron chi connectivity index (χ1n) is 10.4. The lowest BCUT2D eigenvalue weighted by atomic mass is 10.0. The second-order valence-electron chi connectivity index (χ2n) is 7.56. The molecule has 0 atom stereocenters. The smallest absolute Gasteiger partial charge is 0.146 e. The molecule has 0 saturated heterocycles. The second-order valence-corrected chi connectivity index (χ2v) is 7.94. The van der Waals surface area contributed by atoms with Gasteiger partial charge in [-0.1, -0.05) is 72.9 Å². The number of rotatable bonds is 2. The Hall–Kier alpha value is -3.66. The van der Waals surface area contributed by atoms with Gasteiger partial charge in [-0.2, -0.15) is 0 Å². The van der Waals surface area contributed by atoms with Crippen LogP contribution in [0.2, 0.25) is 5.02 Å². The largest absolute Gasteiger partial charge is 0.205 e. The average molecular weight is 459 g/mol. The summed E-state index contributed by atoms with van der Waals surface area (Å²) in [6.45, 7) is 2.15. The average Bonchev–Trinajstić information content (AvgIpc) is 2.82. The van der Waals surface area contributed by atoms with E-state index in [1.165, 1.54) is 11.6 Å². The molecule has 162 valence electrons. The molecule has 0 heterocycles. The second kappa shape index (κ2) is 9.86. The van der Waals surface area contributed by atoms with Crippen LogP contribution in [0.3, 0.4) is 0 Å². The van der Waals surface area contributed by atoms with Gasteiger partial charge in [0.15, 0.2) is 0 Å². The van der Waals surface area contributed by atoms with Crippen molar-refractivity contribution in [3.8, 4) is 23.7 Å². The van der Waals surface area contributed by atoms with Crippen molar-refractivity contribution in [3.05, 3.63) is 117 Å². The van der Waals surface area contributed by atoms with E-state index in [-0.39, 0.29) is 11.1 Å². The molecule has 0 aliphatic heterocycles. The maximum atomic E-state index is 15.0. The molecule has 0 radical (unpaired) electrons. The Bertz CT molecular complexity index is 1440. The lowest BCUT2D eigenvalue weighted by Gasteiger charge is -2.03. The molecule has 4 aromatic rings. The van der Waals surface area contributed by atoms with E-state index in [1.807, 2.05) is 18.2 Å². The van der Waals surface area contributed by atoms with Gasteiger partial charge >= 0.3 is 0 Å². The van der Waals surface area contributed by atoms with Gasteiger partial charge in [-0.05, 0) is 59.8 Å². The molecular weight excluding hydrogens is 441 g/mol. The molecule has 0 spiro atoms. The van der Waals surface area contributed by atoms with Crippen molar-refractivity contribution in [2.75, 3.05) is 0 Å². The van der Waals surface area contributed by atoms with Crippen LogP contribution in [-0.2, 0) is 6.42 Å². The molecule has 0 amide bonds. The molecule has 0 aliphatic rings. The normalized spacial score (nSPS) is 10.3. The standard InChI is InChI=1S/C29H18ClF3/c1-2-3-19-4-6-20(7-5-19)8-9-21-11-15-25-24(16-21)14-13-23(29(25)33)12-10-22-17-26(31)28(30)27(32)18-22/h4-7,11,13-18H,2-3H2,1H3. The van der Waals surface area contributed by atoms with E-state index in [0.717, 1.165) is 36.1 Å². The molecule has 0 nitrogen and oxygen atoms in total. The summed E-state index contributed by atoms with van der Waals surface area (Å²) in [6, 6.07) is 18.7. The van der Waals surface area contributed by atoms with Gasteiger partial charge in [0.1, 0.15) is 22.5 Å². The lowest BCUT2D eigenvalue weighted by molar-refractivity contribution is 0.583. The highest BCUT2D eigenvalue weighted by Gasteiger charge is 2.09. The van der Waals surface area contributed by atoms with Crippen LogP contribution in [0.1, 0.15) is 41.2 Å². The fourth-order valence-electron chi connectivity index (χ4n) is 3.42. The van der Waals surface area contributed by atoms with Crippen LogP contribution >= 0.6 is 11.6 Å². The number of fused-ring (bicyclic) bond motifs is 1. The van der Waals surface area contributed by atoms with Crippen molar-refractivity contribution in [3.63, 3.8) is 0 Å². The molecule has 0 aliphatic carbocycles. The van der Waals surface area contributed by atoms with Crippen molar-refractivity contribution in [2.45, 2.75) is 19.8 Å². The van der Waals surface area contributed by atoms with Crippen LogP contribution in [-0.4, -0.2) is 0 Å². The zero-order chi connectivity index (χ0) is 23.4. The summed E-state index contributed by atoms with van der Waals surface area (Å²) in [5.41, 5.74) is 3.17. The van der Waals surface area contributed by atoms with Crippen molar-refractivity contribution < 1.29 is 13.2 Å². The van der Waals surface area contributed by atoms with Crippen LogP contribution in [0.5, 0.6) is 0 Å². The zero-order valence-electron chi connectivity index (χ0n) is 17.8. The van der Waals surface area contributed by atoms with E-state index >= 15 is 0 Å². The Morgan fingerprint density at radius 3 is 2.03 bits per heavy atom. The first-order valence-corrected chi connectivity index (χ1v) is 10.8.